The first-order valence-electron chi connectivity index (χ1n) is 8.66. The Balaban J connectivity index is 1.98. The number of hydrogen-bond donors (Lipinski definition) is 1. The van der Waals surface area contributed by atoms with Crippen LogP contribution in [0.1, 0.15) is 52.9 Å². The fourth-order valence-corrected chi connectivity index (χ4v) is 3.74. The van der Waals surface area contributed by atoms with Gasteiger partial charge >= 0.3 is 0 Å². The molecule has 1 saturated carbocycles. The van der Waals surface area contributed by atoms with Crippen molar-refractivity contribution in [3.63, 3.8) is 0 Å². The fourth-order valence-electron chi connectivity index (χ4n) is 3.41. The van der Waals surface area contributed by atoms with Crippen LogP contribution in [0.5, 0.6) is 11.6 Å². The Labute approximate surface area is 153 Å². The van der Waals surface area contributed by atoms with Gasteiger partial charge in [-0.3, -0.25) is 4.79 Å². The van der Waals surface area contributed by atoms with E-state index in [9.17, 15) is 4.79 Å². The minimum Gasteiger partial charge on any atom is -0.438 e. The molecule has 3 rings (SSSR count). The first kappa shape index (κ1) is 17.7. The number of pyridine rings is 1. The average molecular weight is 359 g/mol. The number of nitrogens with one attached hydrogen (secondary N) is 1. The lowest BCUT2D eigenvalue weighted by molar-refractivity contribution is 0.112. The number of carbonyl (C=O) groups is 1. The SMILES string of the molecule is Cc1cc(NC2CCCC2)c(C=O)c(Oc2c(C)cc(Cl)cc2C)n1. The van der Waals surface area contributed by atoms with E-state index < -0.39 is 0 Å². The summed E-state index contributed by atoms with van der Waals surface area (Å²) in [6, 6.07) is 6.01. The molecular weight excluding hydrogens is 336 g/mol. The summed E-state index contributed by atoms with van der Waals surface area (Å²) in [7, 11) is 0. The summed E-state index contributed by atoms with van der Waals surface area (Å²) >= 11 is 6.09. The third-order valence-electron chi connectivity index (χ3n) is 4.61. The van der Waals surface area contributed by atoms with Gasteiger partial charge < -0.3 is 10.1 Å². The van der Waals surface area contributed by atoms with Crippen molar-refractivity contribution in [2.45, 2.75) is 52.5 Å². The molecule has 4 nitrogen and oxygen atoms in total. The standard InChI is InChI=1S/C20H23ClN2O2/c1-12-8-15(21)9-13(2)19(12)25-20-17(11-24)18(10-14(3)22-20)23-16-6-4-5-7-16/h8-11,16H,4-7H2,1-3H3,(H,22,23). The highest BCUT2D eigenvalue weighted by Crippen LogP contribution is 2.35. The average Bonchev–Trinajstić information content (AvgIpc) is 3.03. The van der Waals surface area contributed by atoms with Gasteiger partial charge in [-0.05, 0) is 62.9 Å². The molecule has 0 saturated heterocycles. The van der Waals surface area contributed by atoms with Crippen LogP contribution in [0, 0.1) is 20.8 Å². The summed E-state index contributed by atoms with van der Waals surface area (Å²) < 4.78 is 6.06. The number of halogens is 1. The lowest BCUT2D eigenvalue weighted by Gasteiger charge is -2.19. The van der Waals surface area contributed by atoms with E-state index in [1.54, 1.807) is 0 Å². The quantitative estimate of drug-likeness (QED) is 0.705. The molecule has 1 aliphatic rings. The van der Waals surface area contributed by atoms with Gasteiger partial charge in [0, 0.05) is 16.8 Å². The molecule has 1 fully saturated rings. The van der Waals surface area contributed by atoms with Crippen molar-refractivity contribution in [2.75, 3.05) is 5.32 Å². The normalized spacial score (nSPS) is 14.6. The molecule has 5 heteroatoms. The van der Waals surface area contributed by atoms with Crippen molar-refractivity contribution in [1.29, 1.82) is 0 Å². The molecule has 1 aliphatic carbocycles. The van der Waals surface area contributed by atoms with Gasteiger partial charge in [0.1, 0.15) is 11.3 Å². The lowest BCUT2D eigenvalue weighted by Crippen LogP contribution is -2.16. The van der Waals surface area contributed by atoms with Gasteiger partial charge in [0.05, 0.1) is 5.69 Å². The number of benzene rings is 1. The Kier molecular flexibility index (Phi) is 5.28. The topological polar surface area (TPSA) is 51.2 Å². The van der Waals surface area contributed by atoms with E-state index in [4.69, 9.17) is 16.3 Å². The number of carbonyl (C=O) groups excluding carboxylic acids is 1. The van der Waals surface area contributed by atoms with Crippen LogP contribution in [0.2, 0.25) is 5.02 Å². The van der Waals surface area contributed by atoms with Crippen LogP contribution in [0.3, 0.4) is 0 Å². The second-order valence-corrected chi connectivity index (χ2v) is 7.18. The zero-order valence-electron chi connectivity index (χ0n) is 14.9. The summed E-state index contributed by atoms with van der Waals surface area (Å²) in [5, 5.41) is 4.16. The monoisotopic (exact) mass is 358 g/mol. The first-order chi connectivity index (χ1) is 12.0. The number of aromatic nitrogens is 1. The van der Waals surface area contributed by atoms with Crippen molar-refractivity contribution < 1.29 is 9.53 Å². The molecule has 0 atom stereocenters. The molecule has 0 unspecified atom stereocenters. The van der Waals surface area contributed by atoms with E-state index in [1.807, 2.05) is 39.0 Å². The summed E-state index contributed by atoms with van der Waals surface area (Å²) in [5.41, 5.74) is 3.90. The Bertz CT molecular complexity index is 776. The van der Waals surface area contributed by atoms with E-state index in [0.717, 1.165) is 41.6 Å². The van der Waals surface area contributed by atoms with Crippen LogP contribution >= 0.6 is 11.6 Å². The second kappa shape index (κ2) is 7.44. The molecule has 0 spiro atoms. The fraction of sp³-hybridized carbons (Fsp3) is 0.400. The second-order valence-electron chi connectivity index (χ2n) is 6.74. The van der Waals surface area contributed by atoms with Crippen LogP contribution in [0.25, 0.3) is 0 Å². The summed E-state index contributed by atoms with van der Waals surface area (Å²) in [5.74, 6) is 1.03. The Morgan fingerprint density at radius 1 is 1.16 bits per heavy atom. The van der Waals surface area contributed by atoms with Gasteiger partial charge in [-0.1, -0.05) is 24.4 Å². The molecule has 1 heterocycles. The highest BCUT2D eigenvalue weighted by molar-refractivity contribution is 6.30. The zero-order valence-corrected chi connectivity index (χ0v) is 15.6. The number of anilines is 1. The number of hydrogen-bond acceptors (Lipinski definition) is 4. The number of rotatable bonds is 5. The molecule has 1 N–H and O–H groups in total. The van der Waals surface area contributed by atoms with Crippen LogP contribution in [0.4, 0.5) is 5.69 Å². The summed E-state index contributed by atoms with van der Waals surface area (Å²) in [4.78, 5) is 16.2. The van der Waals surface area contributed by atoms with Gasteiger partial charge in [0.15, 0.2) is 6.29 Å². The minimum atomic E-state index is 0.337. The highest BCUT2D eigenvalue weighted by Gasteiger charge is 2.20. The molecular formula is C20H23ClN2O2. The number of ether oxygens (including phenoxy) is 1. The maximum atomic E-state index is 11.8. The van der Waals surface area contributed by atoms with Crippen molar-refractivity contribution >= 4 is 23.6 Å². The minimum absolute atomic E-state index is 0.337. The van der Waals surface area contributed by atoms with Crippen LogP contribution in [0.15, 0.2) is 18.2 Å². The molecule has 1 aromatic heterocycles. The van der Waals surface area contributed by atoms with Crippen molar-refractivity contribution in [2.24, 2.45) is 0 Å². The van der Waals surface area contributed by atoms with Crippen molar-refractivity contribution in [3.05, 3.63) is 45.6 Å². The molecule has 0 amide bonds. The van der Waals surface area contributed by atoms with Gasteiger partial charge in [-0.25, -0.2) is 4.98 Å². The predicted octanol–water partition coefficient (Wildman–Crippen LogP) is 5.62. The third-order valence-corrected chi connectivity index (χ3v) is 4.83. The van der Waals surface area contributed by atoms with E-state index in [1.165, 1.54) is 12.8 Å². The molecule has 0 radical (unpaired) electrons. The number of nitrogens with zero attached hydrogens (tertiary/aromatic N) is 1. The lowest BCUT2D eigenvalue weighted by atomic mass is 10.1. The van der Waals surface area contributed by atoms with Crippen molar-refractivity contribution in [1.82, 2.24) is 4.98 Å². The molecule has 132 valence electrons. The van der Waals surface area contributed by atoms with E-state index in [-0.39, 0.29) is 0 Å². The highest BCUT2D eigenvalue weighted by atomic mass is 35.5. The number of aldehydes is 1. The largest absolute Gasteiger partial charge is 0.438 e. The Morgan fingerprint density at radius 3 is 2.40 bits per heavy atom. The summed E-state index contributed by atoms with van der Waals surface area (Å²) in [6.07, 6.45) is 5.53. The molecule has 2 aromatic rings. The molecule has 0 aliphatic heterocycles. The van der Waals surface area contributed by atoms with Crippen LogP contribution in [-0.4, -0.2) is 17.3 Å². The van der Waals surface area contributed by atoms with Crippen molar-refractivity contribution in [3.8, 4) is 11.6 Å². The zero-order chi connectivity index (χ0) is 18.0. The smallest absolute Gasteiger partial charge is 0.232 e. The molecule has 25 heavy (non-hydrogen) atoms. The third kappa shape index (κ3) is 3.96. The maximum Gasteiger partial charge on any atom is 0.232 e. The number of aryl methyl sites for hydroxylation is 3. The predicted molar refractivity (Wildman–Crippen MR) is 101 cm³/mol. The maximum absolute atomic E-state index is 11.8. The van der Waals surface area contributed by atoms with Gasteiger partial charge in [-0.2, -0.15) is 0 Å². The van der Waals surface area contributed by atoms with E-state index in [0.29, 0.717) is 28.3 Å². The van der Waals surface area contributed by atoms with Gasteiger partial charge in [-0.15, -0.1) is 0 Å². The van der Waals surface area contributed by atoms with E-state index >= 15 is 0 Å². The summed E-state index contributed by atoms with van der Waals surface area (Å²) in [6.45, 7) is 5.77. The van der Waals surface area contributed by atoms with E-state index in [2.05, 4.69) is 10.3 Å². The van der Waals surface area contributed by atoms with Crippen LogP contribution < -0.4 is 10.1 Å². The Morgan fingerprint density at radius 2 is 1.80 bits per heavy atom. The molecule has 1 aromatic carbocycles. The first-order valence-corrected chi connectivity index (χ1v) is 9.03. The van der Waals surface area contributed by atoms with Gasteiger partial charge in [0.25, 0.3) is 0 Å². The molecule has 0 bridgehead atoms. The Hall–Kier alpha value is -2.07. The van der Waals surface area contributed by atoms with Gasteiger partial charge in [0.2, 0.25) is 5.88 Å². The van der Waals surface area contributed by atoms with Crippen LogP contribution in [-0.2, 0) is 0 Å².